The molecule has 354 valence electrons. The van der Waals surface area contributed by atoms with Crippen LogP contribution in [-0.2, 0) is 0 Å². The maximum atomic E-state index is 8.75. The summed E-state index contributed by atoms with van der Waals surface area (Å²) in [5, 5.41) is 4.22. The highest BCUT2D eigenvalue weighted by Gasteiger charge is 2.24. The lowest BCUT2D eigenvalue weighted by Crippen LogP contribution is -2.05. The summed E-state index contributed by atoms with van der Waals surface area (Å²) in [6.45, 7) is 8.75. The number of aromatic nitrogens is 9. The molecule has 14 aromatic rings. The van der Waals surface area contributed by atoms with Crippen LogP contribution in [0.3, 0.4) is 0 Å². The van der Waals surface area contributed by atoms with E-state index in [-0.39, 0.29) is 0 Å². The van der Waals surface area contributed by atoms with E-state index >= 15 is 0 Å². The highest BCUT2D eigenvalue weighted by molar-refractivity contribution is 6.13. The molecule has 10 nitrogen and oxygen atoms in total. The summed E-state index contributed by atoms with van der Waals surface area (Å²) in [6.07, 6.45) is 3.54. The summed E-state index contributed by atoms with van der Waals surface area (Å²) in [4.78, 5) is 39.2. The lowest BCUT2D eigenvalue weighted by molar-refractivity contribution is 1.07. The highest BCUT2D eigenvalue weighted by Crippen LogP contribution is 2.44. The molecule has 0 fully saturated rings. The van der Waals surface area contributed by atoms with Gasteiger partial charge < -0.3 is 9.13 Å². The average Bonchev–Trinajstić information content (AvgIpc) is 4.12. The first-order valence-corrected chi connectivity index (χ1v) is 24.9. The zero-order valence-corrected chi connectivity index (χ0v) is 40.6. The predicted molar refractivity (Wildman–Crippen MR) is 304 cm³/mol. The summed E-state index contributed by atoms with van der Waals surface area (Å²) in [5.74, 6) is 3.42. The second-order valence-electron chi connectivity index (χ2n) is 18.5. The van der Waals surface area contributed by atoms with E-state index < -0.39 is 0 Å². The third-order valence-corrected chi connectivity index (χ3v) is 13.9. The minimum Gasteiger partial charge on any atom is -0.308 e. The van der Waals surface area contributed by atoms with Crippen LogP contribution in [0.2, 0.25) is 0 Å². The molecule has 0 aliphatic heterocycles. The van der Waals surface area contributed by atoms with Gasteiger partial charge in [0.1, 0.15) is 0 Å². The van der Waals surface area contributed by atoms with E-state index in [0.717, 1.165) is 99.5 Å². The van der Waals surface area contributed by atoms with E-state index in [1.165, 1.54) is 0 Å². The zero-order chi connectivity index (χ0) is 50.5. The second kappa shape index (κ2) is 18.4. The quantitative estimate of drug-likeness (QED) is 0.133. The molecule has 0 N–H and O–H groups in total. The Bertz CT molecular complexity index is 4450. The number of benzene rings is 9. The van der Waals surface area contributed by atoms with Gasteiger partial charge in [0.05, 0.1) is 40.0 Å². The van der Waals surface area contributed by atoms with Gasteiger partial charge in [-0.15, -0.1) is 0 Å². The molecule has 0 bridgehead atoms. The van der Waals surface area contributed by atoms with Crippen LogP contribution < -0.4 is 0 Å². The molecule has 0 amide bonds. The third-order valence-electron chi connectivity index (χ3n) is 13.9. The Morgan fingerprint density at radius 3 is 1.03 bits per heavy atom. The van der Waals surface area contributed by atoms with Crippen LogP contribution in [-0.4, -0.2) is 44.0 Å². The first kappa shape index (κ1) is 44.0. The van der Waals surface area contributed by atoms with E-state index in [0.29, 0.717) is 40.6 Å². The van der Waals surface area contributed by atoms with Crippen molar-refractivity contribution in [3.63, 3.8) is 0 Å². The molecule has 0 saturated heterocycles. The lowest BCUT2D eigenvalue weighted by atomic mass is 10.0. The number of hydrogen-bond donors (Lipinski definition) is 0. The first-order chi connectivity index (χ1) is 37.6. The van der Waals surface area contributed by atoms with Gasteiger partial charge in [-0.3, -0.25) is 4.98 Å². The summed E-state index contributed by atoms with van der Waals surface area (Å²) in [5.41, 5.74) is 12.9. The standard InChI is InChI=1S/C66H40N10/c1-67-54-41-60(76-56-29-17-15-27-50(56)52-33-31-48(39-58(52)76)66-73-63(45-22-10-4-11-23-45)70-64(74-66)46-24-12-5-13-25-46)59(40-53(54)42-34-36-68-37-35-42)75-55-28-16-14-26-49(55)51-32-30-47(38-57(51)75)65-71-61(43-18-6-2-7-19-43)69-62(72-65)44-20-8-3-9-21-44/h2-41H. The first-order valence-electron chi connectivity index (χ1n) is 24.9. The van der Waals surface area contributed by atoms with Crippen molar-refractivity contribution in [3.8, 4) is 90.8 Å². The van der Waals surface area contributed by atoms with Crippen LogP contribution in [0.15, 0.2) is 243 Å². The van der Waals surface area contributed by atoms with Crippen LogP contribution in [0.4, 0.5) is 5.69 Å². The molecule has 10 heteroatoms. The summed E-state index contributed by atoms with van der Waals surface area (Å²) in [6, 6.07) is 78.1. The largest absolute Gasteiger partial charge is 0.308 e. The molecule has 0 aliphatic rings. The summed E-state index contributed by atoms with van der Waals surface area (Å²) in [7, 11) is 0. The zero-order valence-electron chi connectivity index (χ0n) is 40.6. The molecule has 0 spiro atoms. The average molecular weight is 973 g/mol. The van der Waals surface area contributed by atoms with Gasteiger partial charge >= 0.3 is 0 Å². The van der Waals surface area contributed by atoms with Crippen LogP contribution in [0.5, 0.6) is 0 Å². The Labute approximate surface area is 436 Å². The van der Waals surface area contributed by atoms with E-state index in [4.69, 9.17) is 36.5 Å². The van der Waals surface area contributed by atoms with Crippen molar-refractivity contribution in [2.24, 2.45) is 0 Å². The van der Waals surface area contributed by atoms with E-state index in [2.05, 4.69) is 110 Å². The number of rotatable bonds is 9. The van der Waals surface area contributed by atoms with Gasteiger partial charge in [-0.25, -0.2) is 34.7 Å². The fourth-order valence-electron chi connectivity index (χ4n) is 10.4. The van der Waals surface area contributed by atoms with Crippen LogP contribution in [0.1, 0.15) is 0 Å². The number of pyridine rings is 1. The second-order valence-corrected chi connectivity index (χ2v) is 18.5. The third kappa shape index (κ3) is 7.63. The smallest absolute Gasteiger partial charge is 0.197 e. The normalized spacial score (nSPS) is 11.4. The molecule has 0 saturated carbocycles. The number of hydrogen-bond acceptors (Lipinski definition) is 7. The van der Waals surface area contributed by atoms with Gasteiger partial charge in [0.15, 0.2) is 40.6 Å². The Morgan fingerprint density at radius 1 is 0.289 bits per heavy atom. The molecular formula is C66H40N10. The fourth-order valence-corrected chi connectivity index (χ4v) is 10.4. The SMILES string of the molecule is [C-]#[N+]c1cc(-n2c3ccccc3c3ccc(-c4nc(-c5ccccc5)nc(-c5ccccc5)n4)cc32)c(-n2c3ccccc3c3ccc(-c4nc(-c5ccccc5)nc(-c5ccccc5)n4)cc32)cc1-c1ccncc1. The fraction of sp³-hybridized carbons (Fsp3) is 0. The summed E-state index contributed by atoms with van der Waals surface area (Å²) >= 11 is 0. The number of nitrogens with zero attached hydrogens (tertiary/aromatic N) is 10. The van der Waals surface area contributed by atoms with E-state index in [9.17, 15) is 0 Å². The molecule has 0 atom stereocenters. The minimum atomic E-state index is 0.498. The summed E-state index contributed by atoms with van der Waals surface area (Å²) < 4.78 is 4.62. The molecule has 0 radical (unpaired) electrons. The van der Waals surface area contributed by atoms with Gasteiger partial charge in [-0.2, -0.15) is 0 Å². The van der Waals surface area contributed by atoms with Crippen molar-refractivity contribution in [2.45, 2.75) is 0 Å². The number of para-hydroxylation sites is 2. The van der Waals surface area contributed by atoms with Crippen molar-refractivity contribution in [1.82, 2.24) is 44.0 Å². The van der Waals surface area contributed by atoms with Crippen LogP contribution in [0.25, 0.3) is 139 Å². The van der Waals surface area contributed by atoms with Crippen molar-refractivity contribution >= 4 is 49.3 Å². The topological polar surface area (TPSA) is 104 Å². The molecule has 5 heterocycles. The van der Waals surface area contributed by atoms with Gasteiger partial charge in [-0.1, -0.05) is 182 Å². The van der Waals surface area contributed by atoms with Crippen LogP contribution >= 0.6 is 0 Å². The molecule has 0 unspecified atom stereocenters. The van der Waals surface area contributed by atoms with Crippen LogP contribution in [0, 0.1) is 6.57 Å². The Balaban J connectivity index is 1.05. The van der Waals surface area contributed by atoms with Crippen molar-refractivity contribution < 1.29 is 0 Å². The lowest BCUT2D eigenvalue weighted by Gasteiger charge is -2.20. The number of fused-ring (bicyclic) bond motifs is 6. The Kier molecular flexibility index (Phi) is 10.6. The molecule has 0 aliphatic carbocycles. The van der Waals surface area contributed by atoms with Gasteiger partial charge in [0, 0.05) is 67.3 Å². The molecule has 9 aromatic carbocycles. The molecule has 14 rings (SSSR count). The van der Waals surface area contributed by atoms with Crippen molar-refractivity contribution in [3.05, 3.63) is 254 Å². The van der Waals surface area contributed by atoms with Gasteiger partial charge in [0.2, 0.25) is 0 Å². The molecular weight excluding hydrogens is 933 g/mol. The van der Waals surface area contributed by atoms with Gasteiger partial charge in [-0.05, 0) is 59.7 Å². The highest BCUT2D eigenvalue weighted by atomic mass is 15.1. The van der Waals surface area contributed by atoms with E-state index in [1.54, 1.807) is 12.4 Å². The predicted octanol–water partition coefficient (Wildman–Crippen LogP) is 15.9. The van der Waals surface area contributed by atoms with Gasteiger partial charge in [0.25, 0.3) is 0 Å². The maximum Gasteiger partial charge on any atom is 0.197 e. The molecule has 76 heavy (non-hydrogen) atoms. The Morgan fingerprint density at radius 2 is 0.632 bits per heavy atom. The van der Waals surface area contributed by atoms with Crippen molar-refractivity contribution in [1.29, 1.82) is 0 Å². The van der Waals surface area contributed by atoms with E-state index in [1.807, 2.05) is 140 Å². The Hall–Kier alpha value is -10.8. The maximum absolute atomic E-state index is 8.75. The molecule has 5 aromatic heterocycles. The monoisotopic (exact) mass is 972 g/mol. The van der Waals surface area contributed by atoms with Crippen molar-refractivity contribution in [2.75, 3.05) is 0 Å². The minimum absolute atomic E-state index is 0.498.